The molecular formula is C23H20O8. The van der Waals surface area contributed by atoms with Gasteiger partial charge in [0.25, 0.3) is 0 Å². The summed E-state index contributed by atoms with van der Waals surface area (Å²) >= 11 is 0. The second-order valence-electron chi connectivity index (χ2n) is 7.14. The summed E-state index contributed by atoms with van der Waals surface area (Å²) in [6.45, 7) is 2.68. The molecule has 0 unspecified atom stereocenters. The maximum atomic E-state index is 13.0. The van der Waals surface area contributed by atoms with Gasteiger partial charge in [0.05, 0.1) is 30.6 Å². The monoisotopic (exact) mass is 424 g/mol. The molecular weight excluding hydrogens is 404 g/mol. The van der Waals surface area contributed by atoms with Crippen LogP contribution in [0.15, 0.2) is 45.6 Å². The van der Waals surface area contributed by atoms with E-state index in [1.54, 1.807) is 37.3 Å². The van der Waals surface area contributed by atoms with Crippen molar-refractivity contribution in [2.75, 3.05) is 26.9 Å². The summed E-state index contributed by atoms with van der Waals surface area (Å²) in [6.07, 6.45) is -1.06. The number of ether oxygens (including phenoxy) is 5. The third-order valence-electron chi connectivity index (χ3n) is 5.39. The number of fused-ring (bicyclic) bond motifs is 4. The van der Waals surface area contributed by atoms with Crippen molar-refractivity contribution in [2.24, 2.45) is 0 Å². The van der Waals surface area contributed by atoms with Gasteiger partial charge in [0, 0.05) is 0 Å². The molecule has 8 nitrogen and oxygen atoms in total. The summed E-state index contributed by atoms with van der Waals surface area (Å²) < 4.78 is 33.7. The lowest BCUT2D eigenvalue weighted by Crippen LogP contribution is -2.32. The quantitative estimate of drug-likeness (QED) is 0.466. The molecule has 2 atom stereocenters. The van der Waals surface area contributed by atoms with E-state index in [0.29, 0.717) is 52.7 Å². The Hall–Kier alpha value is -3.68. The summed E-state index contributed by atoms with van der Waals surface area (Å²) in [5, 5.41) is 0.610. The van der Waals surface area contributed by atoms with Crippen LogP contribution in [0.2, 0.25) is 0 Å². The lowest BCUT2D eigenvalue weighted by molar-refractivity contribution is -0.151. The van der Waals surface area contributed by atoms with E-state index >= 15 is 0 Å². The van der Waals surface area contributed by atoms with Gasteiger partial charge in [-0.15, -0.1) is 0 Å². The number of para-hydroxylation sites is 1. The number of hydrogen-bond donors (Lipinski definition) is 0. The first kappa shape index (κ1) is 19.3. The molecule has 5 rings (SSSR count). The predicted molar refractivity (Wildman–Crippen MR) is 109 cm³/mol. The Morgan fingerprint density at radius 2 is 1.94 bits per heavy atom. The average Bonchev–Trinajstić information content (AvgIpc) is 3.20. The first-order chi connectivity index (χ1) is 15.1. The first-order valence-corrected chi connectivity index (χ1v) is 9.99. The highest BCUT2D eigenvalue weighted by Crippen LogP contribution is 2.48. The normalized spacial score (nSPS) is 18.9. The van der Waals surface area contributed by atoms with Gasteiger partial charge in [-0.05, 0) is 36.8 Å². The van der Waals surface area contributed by atoms with Crippen LogP contribution in [0.5, 0.6) is 23.0 Å². The van der Waals surface area contributed by atoms with Crippen molar-refractivity contribution in [3.05, 3.63) is 57.9 Å². The molecule has 3 aromatic rings. The molecule has 0 saturated carbocycles. The molecule has 8 heteroatoms. The zero-order valence-electron chi connectivity index (χ0n) is 17.0. The Balaban J connectivity index is 1.74. The molecule has 0 saturated heterocycles. The Labute approximate surface area is 177 Å². The fraction of sp³-hybridized carbons (Fsp3) is 0.304. The summed E-state index contributed by atoms with van der Waals surface area (Å²) in [5.74, 6) is 0.384. The molecule has 2 aromatic carbocycles. The fourth-order valence-electron chi connectivity index (χ4n) is 4.10. The van der Waals surface area contributed by atoms with Crippen LogP contribution in [0.4, 0.5) is 0 Å². The van der Waals surface area contributed by atoms with E-state index in [4.69, 9.17) is 28.1 Å². The van der Waals surface area contributed by atoms with Gasteiger partial charge in [0.15, 0.2) is 11.5 Å². The van der Waals surface area contributed by atoms with Crippen molar-refractivity contribution >= 4 is 16.9 Å². The number of benzene rings is 2. The molecule has 0 N–H and O–H groups in total. The topological polar surface area (TPSA) is 93.4 Å². The number of carbonyl (C=O) groups is 1. The molecule has 0 spiro atoms. The molecule has 2 aliphatic heterocycles. The zero-order chi connectivity index (χ0) is 21.5. The largest absolute Gasteiger partial charge is 0.493 e. The highest BCUT2D eigenvalue weighted by atomic mass is 16.6. The molecule has 0 bridgehead atoms. The molecule has 31 heavy (non-hydrogen) atoms. The Morgan fingerprint density at radius 3 is 2.74 bits per heavy atom. The van der Waals surface area contributed by atoms with Gasteiger partial charge in [-0.1, -0.05) is 12.1 Å². The van der Waals surface area contributed by atoms with Gasteiger partial charge in [-0.2, -0.15) is 0 Å². The molecule has 3 heterocycles. The third-order valence-corrected chi connectivity index (χ3v) is 5.39. The maximum Gasteiger partial charge on any atom is 0.348 e. The second-order valence-corrected chi connectivity index (χ2v) is 7.14. The molecule has 160 valence electrons. The van der Waals surface area contributed by atoms with Crippen molar-refractivity contribution in [3.63, 3.8) is 0 Å². The number of esters is 1. The van der Waals surface area contributed by atoms with Gasteiger partial charge in [-0.3, -0.25) is 0 Å². The highest BCUT2D eigenvalue weighted by Gasteiger charge is 2.45. The van der Waals surface area contributed by atoms with Gasteiger partial charge in [0.2, 0.25) is 11.9 Å². The number of hydrogen-bond acceptors (Lipinski definition) is 8. The Morgan fingerprint density at radius 1 is 1.13 bits per heavy atom. The minimum atomic E-state index is -1.06. The second kappa shape index (κ2) is 7.54. The van der Waals surface area contributed by atoms with Crippen molar-refractivity contribution in [1.29, 1.82) is 0 Å². The van der Waals surface area contributed by atoms with Crippen LogP contribution in [0.25, 0.3) is 11.0 Å². The third kappa shape index (κ3) is 3.06. The summed E-state index contributed by atoms with van der Waals surface area (Å²) in [6, 6.07) is 10.5. The molecule has 0 aliphatic carbocycles. The van der Waals surface area contributed by atoms with Crippen LogP contribution in [-0.2, 0) is 9.53 Å². The van der Waals surface area contributed by atoms with Crippen LogP contribution in [-0.4, -0.2) is 39.0 Å². The van der Waals surface area contributed by atoms with E-state index in [1.807, 2.05) is 6.07 Å². The van der Waals surface area contributed by atoms with Crippen LogP contribution in [0.3, 0.4) is 0 Å². The van der Waals surface area contributed by atoms with Crippen LogP contribution < -0.4 is 24.6 Å². The average molecular weight is 424 g/mol. The predicted octanol–water partition coefficient (Wildman–Crippen LogP) is 3.03. The Kier molecular flexibility index (Phi) is 4.69. The van der Waals surface area contributed by atoms with Gasteiger partial charge in [0.1, 0.15) is 24.5 Å². The standard InChI is InChI=1S/C23H20O8/c1-3-27-23(25)21-17(12-10-15(26-2)20-16(11-12)28-8-9-29-20)18-19(31-21)13-6-4-5-7-14(13)30-22(18)24/h4-7,10-11,17,21H,3,8-9H2,1-2H3/t17-,21+/m0/s1. The van der Waals surface area contributed by atoms with E-state index in [0.717, 1.165) is 0 Å². The van der Waals surface area contributed by atoms with E-state index in [2.05, 4.69) is 0 Å². The van der Waals surface area contributed by atoms with E-state index < -0.39 is 23.6 Å². The van der Waals surface area contributed by atoms with Crippen LogP contribution in [0.1, 0.15) is 24.0 Å². The van der Waals surface area contributed by atoms with E-state index in [1.165, 1.54) is 7.11 Å². The number of methoxy groups -OCH3 is 1. The first-order valence-electron chi connectivity index (χ1n) is 9.99. The van der Waals surface area contributed by atoms with Crippen molar-refractivity contribution in [3.8, 4) is 23.0 Å². The molecule has 1 aromatic heterocycles. The minimum absolute atomic E-state index is 0.182. The minimum Gasteiger partial charge on any atom is -0.493 e. The molecule has 2 aliphatic rings. The molecule has 0 fully saturated rings. The summed E-state index contributed by atoms with van der Waals surface area (Å²) in [5.41, 5.74) is 0.671. The summed E-state index contributed by atoms with van der Waals surface area (Å²) in [4.78, 5) is 25.8. The highest BCUT2D eigenvalue weighted by molar-refractivity contribution is 5.88. The SMILES string of the molecule is CCOC(=O)[C@@H]1Oc2c(c(=O)oc3ccccc23)[C@@H]1c1cc(OC)c2c(c1)OCCO2. The fourth-order valence-corrected chi connectivity index (χ4v) is 4.10. The lowest BCUT2D eigenvalue weighted by atomic mass is 9.88. The Bertz CT molecular complexity index is 1210. The lowest BCUT2D eigenvalue weighted by Gasteiger charge is -2.24. The van der Waals surface area contributed by atoms with Gasteiger partial charge in [-0.25, -0.2) is 9.59 Å². The van der Waals surface area contributed by atoms with Crippen molar-refractivity contribution in [1.82, 2.24) is 0 Å². The molecule has 0 amide bonds. The number of carbonyl (C=O) groups excluding carboxylic acids is 1. The van der Waals surface area contributed by atoms with Crippen molar-refractivity contribution in [2.45, 2.75) is 18.9 Å². The molecule has 0 radical (unpaired) electrons. The van der Waals surface area contributed by atoms with Crippen LogP contribution >= 0.6 is 0 Å². The van der Waals surface area contributed by atoms with Crippen molar-refractivity contribution < 1.29 is 32.9 Å². The smallest absolute Gasteiger partial charge is 0.348 e. The van der Waals surface area contributed by atoms with E-state index in [9.17, 15) is 9.59 Å². The van der Waals surface area contributed by atoms with E-state index in [-0.39, 0.29) is 12.2 Å². The zero-order valence-corrected chi connectivity index (χ0v) is 17.0. The van der Waals surface area contributed by atoms with Crippen LogP contribution in [0, 0.1) is 0 Å². The van der Waals surface area contributed by atoms with Gasteiger partial charge >= 0.3 is 11.6 Å². The number of rotatable bonds is 4. The maximum absolute atomic E-state index is 13.0. The van der Waals surface area contributed by atoms with Gasteiger partial charge < -0.3 is 28.1 Å². The summed E-state index contributed by atoms with van der Waals surface area (Å²) in [7, 11) is 1.52.